The molecule has 11 rings (SSSR count). The molecule has 0 atom stereocenters. The average Bonchev–Trinajstić information content (AvgIpc) is 4.11. The summed E-state index contributed by atoms with van der Waals surface area (Å²) in [5, 5.41) is 4.51. The van der Waals surface area contributed by atoms with Crippen molar-refractivity contribution >= 4 is 354 Å². The zero-order valence-corrected chi connectivity index (χ0v) is 50.9. The lowest BCUT2D eigenvalue weighted by atomic mass is 9.56. The molecule has 0 aliphatic carbocycles. The molecule has 0 saturated heterocycles. The minimum atomic E-state index is 0.626. The van der Waals surface area contributed by atoms with Gasteiger partial charge in [-0.1, -0.05) is 154 Å². The minimum absolute atomic E-state index is 0.626. The lowest BCUT2D eigenvalue weighted by Gasteiger charge is -2.38. The Morgan fingerprint density at radius 3 is 1.01 bits per heavy atom. The average molecular weight is 993 g/mol. The largest absolute Gasteiger partial charge is 0.457 e. The van der Waals surface area contributed by atoms with Crippen molar-refractivity contribution in [3.63, 3.8) is 0 Å². The Labute approximate surface area is 485 Å². The first-order valence-electron chi connectivity index (χ1n) is 28.2. The van der Waals surface area contributed by atoms with Gasteiger partial charge in [-0.3, -0.25) is 0 Å². The maximum absolute atomic E-state index is 7.52. The summed E-state index contributed by atoms with van der Waals surface area (Å²) in [5.41, 5.74) is 40.0. The van der Waals surface area contributed by atoms with Crippen molar-refractivity contribution < 1.29 is 8.83 Å². The number of fused-ring (bicyclic) bond motifs is 6. The van der Waals surface area contributed by atoms with Gasteiger partial charge in [-0.2, -0.15) is 0 Å². The summed E-state index contributed by atoms with van der Waals surface area (Å²) in [7, 11) is 50.3. The second-order valence-corrected chi connectivity index (χ2v) is 23.3. The molecule has 0 aliphatic rings. The predicted molar refractivity (Wildman–Crippen MR) is 411 cm³/mol. The molecule has 6 nitrogen and oxygen atoms in total. The van der Waals surface area contributed by atoms with E-state index in [0.29, 0.717) is 17.5 Å². The Morgan fingerprint density at radius 2 is 0.519 bits per heavy atom. The van der Waals surface area contributed by atoms with E-state index in [4.69, 9.17) is 23.8 Å². The first kappa shape index (κ1) is 54.5. The van der Waals surface area contributed by atoms with Crippen LogP contribution in [0.3, 0.4) is 0 Å². The topological polar surface area (TPSA) is 68.2 Å². The lowest BCUT2D eigenvalue weighted by molar-refractivity contribution is 0.674. The van der Waals surface area contributed by atoms with Gasteiger partial charge >= 0.3 is 0 Å². The quantitative estimate of drug-likeness (QED) is 0.148. The Balaban J connectivity index is 1.29. The molecule has 0 spiro atoms. The molecule has 0 bridgehead atoms. The standard InChI is InChI=1S/C51H54B22N4O2/c52-20-14(21(53)29(61)32(64)28(20)60)15-22(54)34(66)43(35(67)23(15)55)77(42-27(59)18-17-24(56)30(62)33(65)39(71)46(17)79-47(18)40(72)37(42)69)44-36(68)25(57)16-13-19(26(58)31(63)38(70)45(13)78-48(16)41(44)73)51-75-49(11-7-3-1-4-8-11)74-50(76-51)12-9-5-2-6-10-12/h1-10H,52-73H2. The Hall–Kier alpha value is -6.40. The van der Waals surface area contributed by atoms with Crippen LogP contribution in [-0.2, 0) is 0 Å². The van der Waals surface area contributed by atoms with Gasteiger partial charge < -0.3 is 13.7 Å². The van der Waals surface area contributed by atoms with Crippen molar-refractivity contribution in [3.05, 3.63) is 60.7 Å². The predicted octanol–water partition coefficient (Wildman–Crippen LogP) is -24.5. The van der Waals surface area contributed by atoms with E-state index < -0.39 is 0 Å². The van der Waals surface area contributed by atoms with E-state index in [0.717, 1.165) is 88.3 Å². The van der Waals surface area contributed by atoms with Gasteiger partial charge in [0.25, 0.3) is 0 Å². The molecule has 79 heavy (non-hydrogen) atoms. The van der Waals surface area contributed by atoms with Crippen LogP contribution in [0.15, 0.2) is 69.5 Å². The van der Waals surface area contributed by atoms with Crippen LogP contribution < -0.4 is 125 Å². The number of hydrogen-bond donors (Lipinski definition) is 0. The third kappa shape index (κ3) is 7.89. The SMILES string of the molecule is Bc1c(B)c(B)c(-c2c(B)c(B)c(N(c3c(B)c(B)c4c(oc5c(B)c(B)c(B)c(-c6nc(-c7ccccc7)nc(-c7ccccc7)n6)c54)c3B)c3c(B)c(B)c4oc5c(B)c(B)c(B)c(B)c5c4c3B)c(B)c2B)c(B)c1B. The van der Waals surface area contributed by atoms with E-state index in [9.17, 15) is 0 Å². The molecule has 0 amide bonds. The van der Waals surface area contributed by atoms with Crippen LogP contribution in [0.5, 0.6) is 0 Å². The number of rotatable bonds is 7. The van der Waals surface area contributed by atoms with Gasteiger partial charge in [-0.05, 0) is 16.6 Å². The van der Waals surface area contributed by atoms with Crippen LogP contribution in [0, 0.1) is 0 Å². The maximum atomic E-state index is 7.52. The van der Waals surface area contributed by atoms with Crippen LogP contribution in [0.25, 0.3) is 89.2 Å². The lowest BCUT2D eigenvalue weighted by Crippen LogP contribution is -2.57. The van der Waals surface area contributed by atoms with Gasteiger partial charge in [0.1, 0.15) is 195 Å². The number of hydrogen-bond acceptors (Lipinski definition) is 6. The van der Waals surface area contributed by atoms with Gasteiger partial charge in [0.05, 0.1) is 0 Å². The molecule has 356 valence electrons. The summed E-state index contributed by atoms with van der Waals surface area (Å²) in [6.45, 7) is 0. The van der Waals surface area contributed by atoms with E-state index in [1.54, 1.807) is 0 Å². The molecule has 0 unspecified atom stereocenters. The van der Waals surface area contributed by atoms with Crippen molar-refractivity contribution in [1.82, 2.24) is 15.0 Å². The second kappa shape index (κ2) is 19.7. The molecule has 0 aliphatic heterocycles. The molecule has 3 heterocycles. The highest BCUT2D eigenvalue weighted by Crippen LogP contribution is 2.37. The van der Waals surface area contributed by atoms with Gasteiger partial charge in [0.2, 0.25) is 0 Å². The van der Waals surface area contributed by atoms with Crippen molar-refractivity contribution in [2.75, 3.05) is 4.90 Å². The van der Waals surface area contributed by atoms with Crippen LogP contribution in [0.2, 0.25) is 0 Å². The fourth-order valence-electron chi connectivity index (χ4n) is 13.6. The molecule has 0 saturated carbocycles. The Kier molecular flexibility index (Phi) is 13.6. The van der Waals surface area contributed by atoms with Crippen molar-refractivity contribution in [2.24, 2.45) is 0 Å². The molecular weight excluding hydrogens is 938 g/mol. The molecule has 8 aromatic carbocycles. The molecule has 0 radical (unpaired) electrons. The van der Waals surface area contributed by atoms with Gasteiger partial charge in [0.15, 0.2) is 17.5 Å². The van der Waals surface area contributed by atoms with Crippen molar-refractivity contribution in [2.45, 2.75) is 0 Å². The van der Waals surface area contributed by atoms with E-state index in [2.05, 4.69) is 202 Å². The van der Waals surface area contributed by atoms with Crippen LogP contribution in [0.1, 0.15) is 0 Å². The third-order valence-electron chi connectivity index (χ3n) is 19.7. The second-order valence-electron chi connectivity index (χ2n) is 23.3. The zero-order chi connectivity index (χ0) is 56.9. The first-order valence-corrected chi connectivity index (χ1v) is 28.2. The number of anilines is 3. The number of aromatic nitrogens is 3. The van der Waals surface area contributed by atoms with Crippen LogP contribution >= 0.6 is 0 Å². The highest BCUT2D eigenvalue weighted by Gasteiger charge is 2.33. The molecule has 3 aromatic heterocycles. The molecular formula is C51H54B22N4O2. The molecule has 0 fully saturated rings. The highest BCUT2D eigenvalue weighted by atomic mass is 16.3. The first-order chi connectivity index (χ1) is 37.4. The fraction of sp³-hybridized carbons (Fsp3) is 0. The summed E-state index contributed by atoms with van der Waals surface area (Å²) in [5.74, 6) is 1.88. The highest BCUT2D eigenvalue weighted by molar-refractivity contribution is 6.73. The third-order valence-corrected chi connectivity index (χ3v) is 19.7. The van der Waals surface area contributed by atoms with Gasteiger partial charge in [-0.25, -0.2) is 15.0 Å². The van der Waals surface area contributed by atoms with E-state index in [1.807, 2.05) is 36.4 Å². The minimum Gasteiger partial charge on any atom is -0.457 e. The Morgan fingerprint density at radius 1 is 0.241 bits per heavy atom. The van der Waals surface area contributed by atoms with Crippen molar-refractivity contribution in [1.29, 1.82) is 0 Å². The van der Waals surface area contributed by atoms with Crippen LogP contribution in [0.4, 0.5) is 17.1 Å². The summed E-state index contributed by atoms with van der Waals surface area (Å²) < 4.78 is 14.6. The number of benzene rings is 8. The number of furan rings is 2. The van der Waals surface area contributed by atoms with Gasteiger partial charge in [-0.15, -0.1) is 21.9 Å². The van der Waals surface area contributed by atoms with E-state index in [1.165, 1.54) is 121 Å². The summed E-state index contributed by atoms with van der Waals surface area (Å²) in [4.78, 5) is 18.5. The molecule has 11 aromatic rings. The van der Waals surface area contributed by atoms with E-state index in [-0.39, 0.29) is 0 Å². The summed E-state index contributed by atoms with van der Waals surface area (Å²) in [6, 6.07) is 20.5. The Bertz CT molecular complexity index is 4420. The van der Waals surface area contributed by atoms with Crippen LogP contribution in [-0.4, -0.2) is 188 Å². The fourth-order valence-corrected chi connectivity index (χ4v) is 13.6. The summed E-state index contributed by atoms with van der Waals surface area (Å²) in [6.07, 6.45) is 0. The normalized spacial score (nSPS) is 11.6. The summed E-state index contributed by atoms with van der Waals surface area (Å²) >= 11 is 0. The monoisotopic (exact) mass is 997 g/mol. The van der Waals surface area contributed by atoms with Gasteiger partial charge in [0, 0.05) is 55.3 Å². The molecule has 0 N–H and O–H groups in total. The number of nitrogens with zero attached hydrogens (tertiary/aromatic N) is 4. The molecule has 28 heteroatoms. The van der Waals surface area contributed by atoms with E-state index >= 15 is 0 Å². The van der Waals surface area contributed by atoms with Crippen molar-refractivity contribution in [3.8, 4) is 45.3 Å². The smallest absolute Gasteiger partial charge is 0.164 e. The maximum Gasteiger partial charge on any atom is 0.164 e. The zero-order valence-electron chi connectivity index (χ0n) is 50.9.